The van der Waals surface area contributed by atoms with Gasteiger partial charge in [-0.1, -0.05) is 13.3 Å². The number of carbonyl (C=O) groups excluding carboxylic acids is 1. The van der Waals surface area contributed by atoms with Crippen LogP contribution in [0.5, 0.6) is 0 Å². The lowest BCUT2D eigenvalue weighted by molar-refractivity contribution is -0.121. The van der Waals surface area contributed by atoms with E-state index in [0.717, 1.165) is 30.4 Å². The highest BCUT2D eigenvalue weighted by Crippen LogP contribution is 2.25. The van der Waals surface area contributed by atoms with Crippen molar-refractivity contribution in [1.82, 2.24) is 15.2 Å². The number of amides is 1. The highest BCUT2D eigenvalue weighted by Gasteiger charge is 2.31. The van der Waals surface area contributed by atoms with Crippen LogP contribution >= 0.6 is 11.3 Å². The van der Waals surface area contributed by atoms with Crippen molar-refractivity contribution in [2.75, 3.05) is 19.6 Å². The van der Waals surface area contributed by atoms with E-state index in [9.17, 15) is 4.79 Å². The van der Waals surface area contributed by atoms with Gasteiger partial charge in [-0.3, -0.25) is 9.69 Å². The molecule has 4 nitrogen and oxygen atoms in total. The highest BCUT2D eigenvalue weighted by molar-refractivity contribution is 7.09. The number of hydrogen-bond acceptors (Lipinski definition) is 4. The Hall–Kier alpha value is -0.940. The van der Waals surface area contributed by atoms with Crippen LogP contribution in [0, 0.1) is 5.92 Å². The quantitative estimate of drug-likeness (QED) is 0.838. The summed E-state index contributed by atoms with van der Waals surface area (Å²) in [4.78, 5) is 18.8. The molecule has 22 heavy (non-hydrogen) atoms. The predicted octanol–water partition coefficient (Wildman–Crippen LogP) is 3.09. The maximum absolute atomic E-state index is 12.0. The Balaban J connectivity index is 1.75. The van der Waals surface area contributed by atoms with Gasteiger partial charge in [0.05, 0.1) is 5.01 Å². The Morgan fingerprint density at radius 2 is 2.36 bits per heavy atom. The third-order valence-electron chi connectivity index (χ3n) is 4.72. The minimum Gasteiger partial charge on any atom is -0.354 e. The molecule has 1 aromatic rings. The van der Waals surface area contributed by atoms with E-state index in [2.05, 4.69) is 36.0 Å². The molecule has 2 heterocycles. The second kappa shape index (κ2) is 8.06. The molecule has 1 unspecified atom stereocenters. The summed E-state index contributed by atoms with van der Waals surface area (Å²) >= 11 is 1.61. The molecule has 0 aliphatic carbocycles. The number of hydrogen-bond donors (Lipinski definition) is 1. The van der Waals surface area contributed by atoms with Crippen molar-refractivity contribution in [2.45, 2.75) is 58.4 Å². The standard InChI is InChI=1S/C17H29N3OS/c1-4-14-6-5-10-20(12-14)17(2,3)13-19-15(21)7-8-16-18-9-11-22-16/h9,11,14H,4-8,10,12-13H2,1-3H3,(H,19,21). The van der Waals surface area contributed by atoms with E-state index in [1.54, 1.807) is 17.5 Å². The van der Waals surface area contributed by atoms with Gasteiger partial charge < -0.3 is 5.32 Å². The van der Waals surface area contributed by atoms with E-state index in [1.807, 2.05) is 5.38 Å². The zero-order valence-electron chi connectivity index (χ0n) is 14.1. The topological polar surface area (TPSA) is 45.2 Å². The molecule has 0 bridgehead atoms. The number of likely N-dealkylation sites (tertiary alicyclic amines) is 1. The molecule has 1 saturated heterocycles. The number of rotatable bonds is 7. The van der Waals surface area contributed by atoms with E-state index >= 15 is 0 Å². The fourth-order valence-corrected chi connectivity index (χ4v) is 3.68. The normalized spacial score (nSPS) is 20.0. The Morgan fingerprint density at radius 1 is 1.55 bits per heavy atom. The van der Waals surface area contributed by atoms with Crippen LogP contribution in [-0.2, 0) is 11.2 Å². The predicted molar refractivity (Wildman–Crippen MR) is 92.1 cm³/mol. The molecule has 1 atom stereocenters. The first-order chi connectivity index (χ1) is 10.5. The van der Waals surface area contributed by atoms with Gasteiger partial charge in [0, 0.05) is 43.0 Å². The smallest absolute Gasteiger partial charge is 0.220 e. The van der Waals surface area contributed by atoms with Gasteiger partial charge in [0.2, 0.25) is 5.91 Å². The van der Waals surface area contributed by atoms with Crippen LogP contribution in [-0.4, -0.2) is 41.0 Å². The molecule has 1 aliphatic heterocycles. The maximum Gasteiger partial charge on any atom is 0.220 e. The lowest BCUT2D eigenvalue weighted by Gasteiger charge is -2.43. The van der Waals surface area contributed by atoms with Crippen LogP contribution in [0.1, 0.15) is 51.5 Å². The molecule has 1 N–H and O–H groups in total. The average molecular weight is 324 g/mol. The van der Waals surface area contributed by atoms with Crippen molar-refractivity contribution in [3.8, 4) is 0 Å². The van der Waals surface area contributed by atoms with Gasteiger partial charge in [-0.25, -0.2) is 4.98 Å². The monoisotopic (exact) mass is 323 g/mol. The lowest BCUT2D eigenvalue weighted by Crippen LogP contribution is -2.54. The van der Waals surface area contributed by atoms with Crippen molar-refractivity contribution in [3.63, 3.8) is 0 Å². The number of nitrogens with zero attached hydrogens (tertiary/aromatic N) is 2. The molecule has 2 rings (SSSR count). The molecule has 0 radical (unpaired) electrons. The molecule has 0 aromatic carbocycles. The van der Waals surface area contributed by atoms with Gasteiger partial charge in [0.1, 0.15) is 0 Å². The maximum atomic E-state index is 12.0. The number of thiazole rings is 1. The molecule has 124 valence electrons. The molecular formula is C17H29N3OS. The summed E-state index contributed by atoms with van der Waals surface area (Å²) in [5, 5.41) is 6.11. The van der Waals surface area contributed by atoms with Gasteiger partial charge in [0.25, 0.3) is 0 Å². The molecule has 1 aromatic heterocycles. The second-order valence-electron chi connectivity index (χ2n) is 6.88. The number of nitrogens with one attached hydrogen (secondary N) is 1. The summed E-state index contributed by atoms with van der Waals surface area (Å²) in [6.45, 7) is 9.80. The first-order valence-corrected chi connectivity index (χ1v) is 9.29. The largest absolute Gasteiger partial charge is 0.354 e. The van der Waals surface area contributed by atoms with E-state index in [1.165, 1.54) is 25.8 Å². The zero-order valence-corrected chi connectivity index (χ0v) is 14.9. The van der Waals surface area contributed by atoms with E-state index < -0.39 is 0 Å². The Labute approximate surface area is 138 Å². The Bertz CT molecular complexity index is 458. The first kappa shape index (κ1) is 17.4. The lowest BCUT2D eigenvalue weighted by atomic mass is 9.91. The van der Waals surface area contributed by atoms with Gasteiger partial charge in [-0.15, -0.1) is 11.3 Å². The van der Waals surface area contributed by atoms with Crippen LogP contribution in [0.25, 0.3) is 0 Å². The van der Waals surface area contributed by atoms with Crippen molar-refractivity contribution < 1.29 is 4.79 Å². The molecule has 0 saturated carbocycles. The van der Waals surface area contributed by atoms with Crippen molar-refractivity contribution >= 4 is 17.2 Å². The summed E-state index contributed by atoms with van der Waals surface area (Å²) < 4.78 is 0. The number of aryl methyl sites for hydroxylation is 1. The zero-order chi connectivity index (χ0) is 16.0. The van der Waals surface area contributed by atoms with Crippen molar-refractivity contribution in [1.29, 1.82) is 0 Å². The second-order valence-corrected chi connectivity index (χ2v) is 7.86. The number of carbonyl (C=O) groups is 1. The fraction of sp³-hybridized carbons (Fsp3) is 0.765. The SMILES string of the molecule is CCC1CCCN(C(C)(C)CNC(=O)CCc2nccs2)C1. The average Bonchev–Trinajstić information content (AvgIpc) is 3.04. The Kier molecular flexibility index (Phi) is 6.38. The number of aromatic nitrogens is 1. The van der Waals surface area contributed by atoms with E-state index in [0.29, 0.717) is 6.42 Å². The minimum absolute atomic E-state index is 0.0324. The van der Waals surface area contributed by atoms with Crippen molar-refractivity contribution in [3.05, 3.63) is 16.6 Å². The molecule has 5 heteroatoms. The van der Waals surface area contributed by atoms with Crippen LogP contribution < -0.4 is 5.32 Å². The van der Waals surface area contributed by atoms with Gasteiger partial charge in [-0.05, 0) is 39.2 Å². The summed E-state index contributed by atoms with van der Waals surface area (Å²) in [5.41, 5.74) is 0.0324. The van der Waals surface area contributed by atoms with Crippen LogP contribution in [0.2, 0.25) is 0 Å². The van der Waals surface area contributed by atoms with Crippen LogP contribution in [0.4, 0.5) is 0 Å². The summed E-state index contributed by atoms with van der Waals surface area (Å²) in [6.07, 6.45) is 6.95. The molecule has 0 spiro atoms. The van der Waals surface area contributed by atoms with Gasteiger partial charge in [-0.2, -0.15) is 0 Å². The molecular weight excluding hydrogens is 294 g/mol. The first-order valence-electron chi connectivity index (χ1n) is 8.41. The third kappa shape index (κ3) is 5.06. The van der Waals surface area contributed by atoms with Gasteiger partial charge in [0.15, 0.2) is 0 Å². The Morgan fingerprint density at radius 3 is 3.05 bits per heavy atom. The molecule has 1 amide bonds. The molecule has 1 aliphatic rings. The van der Waals surface area contributed by atoms with Crippen LogP contribution in [0.15, 0.2) is 11.6 Å². The summed E-state index contributed by atoms with van der Waals surface area (Å²) in [7, 11) is 0. The fourth-order valence-electron chi connectivity index (χ4n) is 3.06. The molecule has 1 fully saturated rings. The summed E-state index contributed by atoms with van der Waals surface area (Å²) in [6, 6.07) is 0. The highest BCUT2D eigenvalue weighted by atomic mass is 32.1. The third-order valence-corrected chi connectivity index (χ3v) is 5.56. The van der Waals surface area contributed by atoms with Gasteiger partial charge >= 0.3 is 0 Å². The number of piperidine rings is 1. The van der Waals surface area contributed by atoms with E-state index in [-0.39, 0.29) is 11.4 Å². The van der Waals surface area contributed by atoms with Crippen LogP contribution in [0.3, 0.4) is 0 Å². The van der Waals surface area contributed by atoms with Crippen molar-refractivity contribution in [2.24, 2.45) is 5.92 Å². The minimum atomic E-state index is 0.0324. The summed E-state index contributed by atoms with van der Waals surface area (Å²) in [5.74, 6) is 0.945. The van der Waals surface area contributed by atoms with E-state index in [4.69, 9.17) is 0 Å².